The van der Waals surface area contributed by atoms with E-state index in [0.717, 1.165) is 6.42 Å². The topological polar surface area (TPSA) is 88.6 Å². The predicted molar refractivity (Wildman–Crippen MR) is 64.5 cm³/mol. The summed E-state index contributed by atoms with van der Waals surface area (Å²) in [6.07, 6.45) is 3.40. The largest absolute Gasteiger partial charge is 0.462 e. The minimum Gasteiger partial charge on any atom is -0.462 e. The Bertz CT molecular complexity index is 535. The lowest BCUT2D eigenvalue weighted by Gasteiger charge is -2.19. The number of nitrogens with zero attached hydrogens (tertiary/aromatic N) is 1. The van der Waals surface area contributed by atoms with E-state index in [-0.39, 0.29) is 12.2 Å². The second-order valence-corrected chi connectivity index (χ2v) is 4.16. The zero-order valence-electron chi connectivity index (χ0n) is 10.1. The number of fused-ring (bicyclic) bond motifs is 1. The second-order valence-electron chi connectivity index (χ2n) is 4.16. The number of rotatable bonds is 3. The van der Waals surface area contributed by atoms with Gasteiger partial charge in [0.2, 0.25) is 5.43 Å². The molecule has 0 amide bonds. The fourth-order valence-electron chi connectivity index (χ4n) is 2.23. The number of hydrogen-bond acceptors (Lipinski definition) is 5. The average molecular weight is 250 g/mol. The highest BCUT2D eigenvalue weighted by molar-refractivity contribution is 5.89. The lowest BCUT2D eigenvalue weighted by atomic mass is 9.90. The van der Waals surface area contributed by atoms with Crippen molar-refractivity contribution in [3.63, 3.8) is 0 Å². The quantitative estimate of drug-likeness (QED) is 0.653. The molecule has 1 heterocycles. The van der Waals surface area contributed by atoms with Crippen molar-refractivity contribution in [3.05, 3.63) is 38.1 Å². The van der Waals surface area contributed by atoms with Gasteiger partial charge in [0.25, 0.3) is 0 Å². The van der Waals surface area contributed by atoms with Gasteiger partial charge in [-0.2, -0.15) is 4.91 Å². The fraction of sp³-hybridized carbons (Fsp3) is 0.500. The molecular weight excluding hydrogens is 236 g/mol. The van der Waals surface area contributed by atoms with Crippen LogP contribution in [-0.4, -0.2) is 17.6 Å². The van der Waals surface area contributed by atoms with E-state index >= 15 is 0 Å². The first-order valence-corrected chi connectivity index (χ1v) is 5.93. The summed E-state index contributed by atoms with van der Waals surface area (Å²) in [4.78, 5) is 37.4. The summed E-state index contributed by atoms with van der Waals surface area (Å²) in [6, 6.07) is -0.660. The number of hydrogen-bond donors (Lipinski definition) is 1. The minimum atomic E-state index is -0.670. The number of pyridine rings is 1. The standard InChI is InChI=1S/C12H14N2O4/c1-2-18-12(16)7-6-13-8-4-3-5-9(14-17)10(8)11(7)15/h6,9H,2-5H2,1H3,(H,13,15). The molecule has 18 heavy (non-hydrogen) atoms. The van der Waals surface area contributed by atoms with E-state index in [0.29, 0.717) is 24.1 Å². The highest BCUT2D eigenvalue weighted by atomic mass is 16.5. The number of carbonyl (C=O) groups excluding carboxylic acids is 1. The van der Waals surface area contributed by atoms with E-state index in [1.165, 1.54) is 6.20 Å². The number of aromatic amines is 1. The van der Waals surface area contributed by atoms with Crippen LogP contribution in [0.15, 0.2) is 16.2 Å². The maximum absolute atomic E-state index is 12.2. The van der Waals surface area contributed by atoms with Gasteiger partial charge in [0.05, 0.1) is 6.61 Å². The Morgan fingerprint density at radius 2 is 2.39 bits per heavy atom. The van der Waals surface area contributed by atoms with Crippen LogP contribution in [-0.2, 0) is 11.2 Å². The Labute approximate surface area is 103 Å². The third kappa shape index (κ3) is 2.05. The number of nitrogens with one attached hydrogen (secondary N) is 1. The van der Waals surface area contributed by atoms with E-state index in [4.69, 9.17) is 4.74 Å². The van der Waals surface area contributed by atoms with Crippen LogP contribution in [0.2, 0.25) is 0 Å². The Kier molecular flexibility index (Phi) is 3.55. The van der Waals surface area contributed by atoms with Crippen LogP contribution in [0.4, 0.5) is 0 Å². The Morgan fingerprint density at radius 1 is 1.61 bits per heavy atom. The Hall–Kier alpha value is -1.98. The number of carbonyl (C=O) groups is 1. The smallest absolute Gasteiger partial charge is 0.343 e. The van der Waals surface area contributed by atoms with E-state index in [2.05, 4.69) is 10.2 Å². The van der Waals surface area contributed by atoms with Gasteiger partial charge in [0, 0.05) is 17.5 Å². The van der Waals surface area contributed by atoms with Crippen molar-refractivity contribution in [1.82, 2.24) is 4.98 Å². The van der Waals surface area contributed by atoms with Crippen molar-refractivity contribution < 1.29 is 9.53 Å². The van der Waals surface area contributed by atoms with Crippen LogP contribution in [0, 0.1) is 4.91 Å². The van der Waals surface area contributed by atoms with Crippen molar-refractivity contribution >= 4 is 5.97 Å². The third-order valence-electron chi connectivity index (χ3n) is 3.07. The van der Waals surface area contributed by atoms with Gasteiger partial charge >= 0.3 is 5.97 Å². The van der Waals surface area contributed by atoms with Crippen molar-refractivity contribution in [2.45, 2.75) is 32.2 Å². The number of ether oxygens (including phenoxy) is 1. The van der Waals surface area contributed by atoms with Crippen LogP contribution in [0.5, 0.6) is 0 Å². The minimum absolute atomic E-state index is 0.0637. The summed E-state index contributed by atoms with van der Waals surface area (Å²) in [5, 5.41) is 2.97. The summed E-state index contributed by atoms with van der Waals surface area (Å²) in [7, 11) is 0. The predicted octanol–water partition coefficient (Wildman–Crippen LogP) is 1.70. The zero-order chi connectivity index (χ0) is 13.1. The molecule has 0 aromatic carbocycles. The lowest BCUT2D eigenvalue weighted by Crippen LogP contribution is -2.27. The number of aromatic nitrogens is 1. The number of esters is 1. The first-order chi connectivity index (χ1) is 8.69. The first kappa shape index (κ1) is 12.5. The maximum Gasteiger partial charge on any atom is 0.343 e. The van der Waals surface area contributed by atoms with Crippen molar-refractivity contribution in [3.8, 4) is 0 Å². The third-order valence-corrected chi connectivity index (χ3v) is 3.07. The normalized spacial score (nSPS) is 17.9. The molecule has 0 bridgehead atoms. The molecule has 6 heteroatoms. The summed E-state index contributed by atoms with van der Waals surface area (Å²) in [5.74, 6) is -0.670. The summed E-state index contributed by atoms with van der Waals surface area (Å²) < 4.78 is 4.80. The van der Waals surface area contributed by atoms with Crippen LogP contribution >= 0.6 is 0 Å². The molecule has 6 nitrogen and oxygen atoms in total. The molecule has 1 aliphatic carbocycles. The molecule has 1 N–H and O–H groups in total. The maximum atomic E-state index is 12.2. The molecule has 0 saturated carbocycles. The summed E-state index contributed by atoms with van der Waals surface area (Å²) in [5.41, 5.74) is 0.517. The molecule has 1 atom stereocenters. The molecule has 0 saturated heterocycles. The van der Waals surface area contributed by atoms with Crippen molar-refractivity contribution in [1.29, 1.82) is 0 Å². The molecule has 1 aliphatic rings. The van der Waals surface area contributed by atoms with Crippen LogP contribution in [0.3, 0.4) is 0 Å². The highest BCUT2D eigenvalue weighted by Gasteiger charge is 2.27. The number of aryl methyl sites for hydroxylation is 1. The van der Waals surface area contributed by atoms with Crippen LogP contribution in [0.25, 0.3) is 0 Å². The van der Waals surface area contributed by atoms with Gasteiger partial charge in [-0.25, -0.2) is 4.79 Å². The average Bonchev–Trinajstić information content (AvgIpc) is 2.38. The SMILES string of the molecule is CCOC(=O)c1c[nH]c2c(c1=O)C(N=O)CCC2. The summed E-state index contributed by atoms with van der Waals surface area (Å²) >= 11 is 0. The second kappa shape index (κ2) is 5.12. The van der Waals surface area contributed by atoms with Gasteiger partial charge in [-0.15, -0.1) is 0 Å². The van der Waals surface area contributed by atoms with Gasteiger partial charge in [-0.05, 0) is 26.2 Å². The number of H-pyrrole nitrogens is 1. The van der Waals surface area contributed by atoms with Gasteiger partial charge in [-0.3, -0.25) is 4.79 Å². The Morgan fingerprint density at radius 3 is 3.06 bits per heavy atom. The molecule has 1 aromatic heterocycles. The molecule has 0 radical (unpaired) electrons. The van der Waals surface area contributed by atoms with Crippen LogP contribution < -0.4 is 5.43 Å². The molecule has 96 valence electrons. The van der Waals surface area contributed by atoms with E-state index < -0.39 is 17.4 Å². The van der Waals surface area contributed by atoms with Gasteiger partial charge in [0.1, 0.15) is 11.6 Å². The van der Waals surface area contributed by atoms with E-state index in [1.807, 2.05) is 0 Å². The lowest BCUT2D eigenvalue weighted by molar-refractivity contribution is 0.0524. The summed E-state index contributed by atoms with van der Waals surface area (Å²) in [6.45, 7) is 1.87. The van der Waals surface area contributed by atoms with E-state index in [9.17, 15) is 14.5 Å². The number of nitroso groups, excluding NO2 is 1. The van der Waals surface area contributed by atoms with Gasteiger partial charge in [0.15, 0.2) is 0 Å². The highest BCUT2D eigenvalue weighted by Crippen LogP contribution is 2.28. The van der Waals surface area contributed by atoms with Gasteiger partial charge in [-0.1, -0.05) is 5.18 Å². The monoisotopic (exact) mass is 250 g/mol. The fourth-order valence-corrected chi connectivity index (χ4v) is 2.23. The van der Waals surface area contributed by atoms with Crippen LogP contribution in [0.1, 0.15) is 47.4 Å². The molecule has 1 unspecified atom stereocenters. The molecule has 1 aromatic rings. The Balaban J connectivity index is 2.51. The molecular formula is C12H14N2O4. The molecule has 0 aliphatic heterocycles. The molecule has 0 fully saturated rings. The molecule has 2 rings (SSSR count). The van der Waals surface area contributed by atoms with Crippen molar-refractivity contribution in [2.24, 2.45) is 5.18 Å². The molecule has 0 spiro atoms. The first-order valence-electron chi connectivity index (χ1n) is 5.93. The zero-order valence-corrected chi connectivity index (χ0v) is 10.1. The van der Waals surface area contributed by atoms with Gasteiger partial charge < -0.3 is 9.72 Å². The van der Waals surface area contributed by atoms with E-state index in [1.54, 1.807) is 6.92 Å². The van der Waals surface area contributed by atoms with Crippen molar-refractivity contribution in [2.75, 3.05) is 6.61 Å².